The molecule has 2 aromatic rings. The Labute approximate surface area is 144 Å². The lowest BCUT2D eigenvalue weighted by Crippen LogP contribution is -2.32. The largest absolute Gasteiger partial charge is 0.497 e. The average Bonchev–Trinajstić information content (AvgIpc) is 3.07. The summed E-state index contributed by atoms with van der Waals surface area (Å²) in [5.41, 5.74) is 2.42. The third-order valence-corrected chi connectivity index (χ3v) is 4.43. The second kappa shape index (κ2) is 7.47. The van der Waals surface area contributed by atoms with Crippen LogP contribution in [0.3, 0.4) is 0 Å². The van der Waals surface area contributed by atoms with Crippen molar-refractivity contribution in [1.82, 2.24) is 0 Å². The first-order valence-corrected chi connectivity index (χ1v) is 8.50. The van der Waals surface area contributed by atoms with Gasteiger partial charge in [0.1, 0.15) is 5.75 Å². The standard InChI is InChI=1S/C20H25NO3/c1-4-5-15(2)21(17-7-9-18(22-3)10-8-17)13-16-6-11-19-20(12-16)24-14-23-19/h6-12,15H,4-5,13-14H2,1-3H3. The van der Waals surface area contributed by atoms with Crippen molar-refractivity contribution < 1.29 is 14.2 Å². The number of fused-ring (bicyclic) bond motifs is 1. The lowest BCUT2D eigenvalue weighted by molar-refractivity contribution is 0.174. The minimum Gasteiger partial charge on any atom is -0.497 e. The van der Waals surface area contributed by atoms with Crippen molar-refractivity contribution in [3.05, 3.63) is 48.0 Å². The van der Waals surface area contributed by atoms with Gasteiger partial charge in [0.25, 0.3) is 0 Å². The van der Waals surface area contributed by atoms with E-state index in [2.05, 4.69) is 43.0 Å². The van der Waals surface area contributed by atoms with Gasteiger partial charge in [-0.05, 0) is 55.3 Å². The van der Waals surface area contributed by atoms with E-state index in [1.807, 2.05) is 18.2 Å². The molecule has 0 saturated heterocycles. The number of hydrogen-bond donors (Lipinski definition) is 0. The maximum Gasteiger partial charge on any atom is 0.231 e. The van der Waals surface area contributed by atoms with E-state index in [0.29, 0.717) is 12.8 Å². The molecule has 1 aliphatic rings. The van der Waals surface area contributed by atoms with Crippen LogP contribution in [0.2, 0.25) is 0 Å². The molecule has 0 spiro atoms. The van der Waals surface area contributed by atoms with E-state index in [1.165, 1.54) is 11.3 Å². The van der Waals surface area contributed by atoms with Crippen molar-refractivity contribution in [2.75, 3.05) is 18.8 Å². The van der Waals surface area contributed by atoms with Crippen LogP contribution in [0.5, 0.6) is 17.2 Å². The normalized spacial score (nSPS) is 13.6. The zero-order chi connectivity index (χ0) is 16.9. The van der Waals surface area contributed by atoms with E-state index in [4.69, 9.17) is 14.2 Å². The summed E-state index contributed by atoms with van der Waals surface area (Å²) < 4.78 is 16.2. The zero-order valence-electron chi connectivity index (χ0n) is 14.6. The van der Waals surface area contributed by atoms with Crippen LogP contribution in [0, 0.1) is 0 Å². The highest BCUT2D eigenvalue weighted by molar-refractivity contribution is 5.52. The molecule has 0 aliphatic carbocycles. The Hall–Kier alpha value is -2.36. The maximum absolute atomic E-state index is 5.51. The van der Waals surface area contributed by atoms with Crippen LogP contribution < -0.4 is 19.1 Å². The SMILES string of the molecule is CCCC(C)N(Cc1ccc2c(c1)OCO2)c1ccc(OC)cc1. The highest BCUT2D eigenvalue weighted by atomic mass is 16.7. The first-order chi connectivity index (χ1) is 11.7. The minimum atomic E-state index is 0.313. The van der Waals surface area contributed by atoms with Crippen LogP contribution in [0.15, 0.2) is 42.5 Å². The monoisotopic (exact) mass is 327 g/mol. The molecule has 0 aromatic heterocycles. The molecule has 0 saturated carbocycles. The molecule has 2 aromatic carbocycles. The number of methoxy groups -OCH3 is 1. The number of rotatable bonds is 7. The summed E-state index contributed by atoms with van der Waals surface area (Å²) in [6.07, 6.45) is 2.31. The van der Waals surface area contributed by atoms with Crippen molar-refractivity contribution in [3.8, 4) is 17.2 Å². The van der Waals surface area contributed by atoms with Crippen molar-refractivity contribution in [2.45, 2.75) is 39.3 Å². The van der Waals surface area contributed by atoms with Gasteiger partial charge in [0.2, 0.25) is 6.79 Å². The van der Waals surface area contributed by atoms with E-state index in [1.54, 1.807) is 7.11 Å². The van der Waals surface area contributed by atoms with Gasteiger partial charge in [-0.1, -0.05) is 19.4 Å². The van der Waals surface area contributed by atoms with Crippen LogP contribution in [-0.2, 0) is 6.54 Å². The molecular formula is C20H25NO3. The first kappa shape index (κ1) is 16.5. The number of hydrogen-bond acceptors (Lipinski definition) is 4. The molecule has 1 atom stereocenters. The van der Waals surface area contributed by atoms with E-state index >= 15 is 0 Å². The highest BCUT2D eigenvalue weighted by Gasteiger charge is 2.18. The van der Waals surface area contributed by atoms with Crippen molar-refractivity contribution in [2.24, 2.45) is 0 Å². The molecule has 0 fully saturated rings. The fraction of sp³-hybridized carbons (Fsp3) is 0.400. The predicted molar refractivity (Wildman–Crippen MR) is 96.1 cm³/mol. The van der Waals surface area contributed by atoms with Crippen LogP contribution in [-0.4, -0.2) is 19.9 Å². The van der Waals surface area contributed by atoms with Gasteiger partial charge >= 0.3 is 0 Å². The number of anilines is 1. The molecule has 4 nitrogen and oxygen atoms in total. The maximum atomic E-state index is 5.51. The smallest absolute Gasteiger partial charge is 0.231 e. The Balaban J connectivity index is 1.83. The average molecular weight is 327 g/mol. The van der Waals surface area contributed by atoms with Gasteiger partial charge in [0.05, 0.1) is 7.11 Å². The van der Waals surface area contributed by atoms with E-state index in [9.17, 15) is 0 Å². The zero-order valence-corrected chi connectivity index (χ0v) is 14.6. The van der Waals surface area contributed by atoms with Gasteiger partial charge in [-0.2, -0.15) is 0 Å². The lowest BCUT2D eigenvalue weighted by atomic mass is 10.1. The molecule has 1 unspecified atom stereocenters. The van der Waals surface area contributed by atoms with Crippen molar-refractivity contribution in [3.63, 3.8) is 0 Å². The summed E-state index contributed by atoms with van der Waals surface area (Å²) in [5.74, 6) is 2.55. The number of benzene rings is 2. The number of ether oxygens (including phenoxy) is 3. The molecule has 1 aliphatic heterocycles. The molecule has 3 rings (SSSR count). The van der Waals surface area contributed by atoms with Crippen LogP contribution in [0.25, 0.3) is 0 Å². The first-order valence-electron chi connectivity index (χ1n) is 8.50. The molecule has 4 heteroatoms. The van der Waals surface area contributed by atoms with Crippen LogP contribution in [0.1, 0.15) is 32.3 Å². The highest BCUT2D eigenvalue weighted by Crippen LogP contribution is 2.34. The Morgan fingerprint density at radius 1 is 1.08 bits per heavy atom. The molecule has 1 heterocycles. The lowest BCUT2D eigenvalue weighted by Gasteiger charge is -2.31. The summed E-state index contributed by atoms with van der Waals surface area (Å²) in [4.78, 5) is 2.43. The Morgan fingerprint density at radius 3 is 2.54 bits per heavy atom. The summed E-state index contributed by atoms with van der Waals surface area (Å²) in [5, 5.41) is 0. The van der Waals surface area contributed by atoms with Crippen LogP contribution in [0.4, 0.5) is 5.69 Å². The third kappa shape index (κ3) is 3.58. The van der Waals surface area contributed by atoms with Crippen molar-refractivity contribution in [1.29, 1.82) is 0 Å². The molecule has 24 heavy (non-hydrogen) atoms. The fourth-order valence-electron chi connectivity index (χ4n) is 3.08. The van der Waals surface area contributed by atoms with Gasteiger partial charge in [0.15, 0.2) is 11.5 Å². The molecular weight excluding hydrogens is 302 g/mol. The van der Waals surface area contributed by atoms with Gasteiger partial charge in [-0.3, -0.25) is 0 Å². The molecule has 0 bridgehead atoms. The van der Waals surface area contributed by atoms with Gasteiger partial charge in [-0.25, -0.2) is 0 Å². The quantitative estimate of drug-likeness (QED) is 0.742. The van der Waals surface area contributed by atoms with Gasteiger partial charge in [0, 0.05) is 18.3 Å². The molecule has 0 N–H and O–H groups in total. The second-order valence-corrected chi connectivity index (χ2v) is 6.15. The Kier molecular flexibility index (Phi) is 5.14. The summed E-state index contributed by atoms with van der Waals surface area (Å²) in [6, 6.07) is 14.9. The van der Waals surface area contributed by atoms with Crippen molar-refractivity contribution >= 4 is 5.69 Å². The Bertz CT molecular complexity index is 669. The minimum absolute atomic E-state index is 0.313. The van der Waals surface area contributed by atoms with Crippen LogP contribution >= 0.6 is 0 Å². The summed E-state index contributed by atoms with van der Waals surface area (Å²) in [7, 11) is 1.69. The summed E-state index contributed by atoms with van der Waals surface area (Å²) >= 11 is 0. The van der Waals surface area contributed by atoms with E-state index in [0.717, 1.165) is 36.6 Å². The summed E-state index contributed by atoms with van der Waals surface area (Å²) in [6.45, 7) is 5.65. The number of nitrogens with zero attached hydrogens (tertiary/aromatic N) is 1. The molecule has 128 valence electrons. The fourth-order valence-corrected chi connectivity index (χ4v) is 3.08. The second-order valence-electron chi connectivity index (χ2n) is 6.15. The Morgan fingerprint density at radius 2 is 1.83 bits per heavy atom. The van der Waals surface area contributed by atoms with Gasteiger partial charge < -0.3 is 19.1 Å². The van der Waals surface area contributed by atoms with Gasteiger partial charge in [-0.15, -0.1) is 0 Å². The topological polar surface area (TPSA) is 30.9 Å². The molecule has 0 amide bonds. The third-order valence-electron chi connectivity index (χ3n) is 4.43. The molecule has 0 radical (unpaired) electrons. The van der Waals surface area contributed by atoms with E-state index < -0.39 is 0 Å². The van der Waals surface area contributed by atoms with E-state index in [-0.39, 0.29) is 0 Å². The predicted octanol–water partition coefficient (Wildman–Crippen LogP) is 4.62.